The Labute approximate surface area is 172 Å². The van der Waals surface area contributed by atoms with Crippen molar-refractivity contribution < 1.29 is 18.3 Å². The Morgan fingerprint density at radius 1 is 1.00 bits per heavy atom. The second-order valence-electron chi connectivity index (χ2n) is 9.25. The van der Waals surface area contributed by atoms with Gasteiger partial charge in [0.15, 0.2) is 0 Å². The molecule has 0 radical (unpaired) electrons. The number of carbonyl (C=O) groups is 1. The third-order valence-corrected chi connectivity index (χ3v) is 4.54. The fourth-order valence-corrected chi connectivity index (χ4v) is 2.71. The molecule has 5 heteroatoms. The van der Waals surface area contributed by atoms with Crippen molar-refractivity contribution in [1.82, 2.24) is 0 Å². The lowest BCUT2D eigenvalue weighted by molar-refractivity contribution is -0.150. The zero-order valence-corrected chi connectivity index (χ0v) is 19.5. The van der Waals surface area contributed by atoms with Crippen molar-refractivity contribution >= 4 is 5.97 Å². The lowest BCUT2D eigenvalue weighted by Gasteiger charge is -2.32. The number of ether oxygens (including phenoxy) is 1. The molecular formula is C23H43F2NO2. The molecule has 1 aliphatic carbocycles. The van der Waals surface area contributed by atoms with Crippen LogP contribution in [0.5, 0.6) is 0 Å². The molecule has 1 aliphatic heterocycles. The Bertz CT molecular complexity index is 439. The van der Waals surface area contributed by atoms with Crippen LogP contribution >= 0.6 is 0 Å². The number of nitrogens with zero attached hydrogens (tertiary/aromatic N) is 1. The van der Waals surface area contributed by atoms with E-state index in [1.807, 2.05) is 26.8 Å². The van der Waals surface area contributed by atoms with Gasteiger partial charge >= 0.3 is 5.97 Å². The standard InChI is InChI=1S/C11H18O2.C4H8F2.C4H7N.C4H10/c1-8-3-5-11(6-4-8)7-9(2)13-10(11)12;1-3(5)4(2)6;1-4(2)3-5;1-4(2)3/h8-9H,3-7H2,1-2H3;3-4H,1-2H3;4H,1-2H3;4H,1-3H3. The normalized spacial score (nSPS) is 27.9. The van der Waals surface area contributed by atoms with Crippen LogP contribution in [0.3, 0.4) is 0 Å². The maximum absolute atomic E-state index is 11.6. The Hall–Kier alpha value is -1.18. The van der Waals surface area contributed by atoms with Crippen molar-refractivity contribution in [3.8, 4) is 6.07 Å². The Balaban J connectivity index is 0. The van der Waals surface area contributed by atoms with Crippen LogP contribution in [0.15, 0.2) is 0 Å². The van der Waals surface area contributed by atoms with Crippen LogP contribution in [0.25, 0.3) is 0 Å². The molecule has 2 aliphatic rings. The summed E-state index contributed by atoms with van der Waals surface area (Å²) >= 11 is 0. The van der Waals surface area contributed by atoms with E-state index in [4.69, 9.17) is 10.00 Å². The van der Waals surface area contributed by atoms with E-state index in [1.54, 1.807) is 0 Å². The van der Waals surface area contributed by atoms with Crippen LogP contribution in [0, 0.1) is 34.5 Å². The van der Waals surface area contributed by atoms with Gasteiger partial charge in [-0.05, 0) is 72.1 Å². The quantitative estimate of drug-likeness (QED) is 0.441. The first kappa shape index (κ1) is 29.0. The lowest BCUT2D eigenvalue weighted by Crippen LogP contribution is -2.31. The predicted molar refractivity (Wildman–Crippen MR) is 112 cm³/mol. The van der Waals surface area contributed by atoms with Crippen LogP contribution in [-0.2, 0) is 9.53 Å². The predicted octanol–water partition coefficient (Wildman–Crippen LogP) is 7.05. The third kappa shape index (κ3) is 13.9. The van der Waals surface area contributed by atoms with E-state index in [1.165, 1.54) is 26.7 Å². The van der Waals surface area contributed by atoms with Gasteiger partial charge < -0.3 is 4.74 Å². The third-order valence-electron chi connectivity index (χ3n) is 4.54. The van der Waals surface area contributed by atoms with Crippen molar-refractivity contribution in [3.63, 3.8) is 0 Å². The number of alkyl halides is 2. The summed E-state index contributed by atoms with van der Waals surface area (Å²) in [6, 6.07) is 2.03. The van der Waals surface area contributed by atoms with Gasteiger partial charge in [0.1, 0.15) is 18.4 Å². The van der Waals surface area contributed by atoms with Crippen LogP contribution < -0.4 is 0 Å². The van der Waals surface area contributed by atoms with Gasteiger partial charge in [-0.3, -0.25) is 4.79 Å². The number of nitriles is 1. The highest BCUT2D eigenvalue weighted by atomic mass is 19.2. The van der Waals surface area contributed by atoms with E-state index in [0.29, 0.717) is 0 Å². The molecule has 0 amide bonds. The van der Waals surface area contributed by atoms with E-state index in [-0.39, 0.29) is 23.4 Å². The molecule has 166 valence electrons. The fraction of sp³-hybridized carbons (Fsp3) is 0.913. The molecule has 1 heterocycles. The molecule has 1 spiro atoms. The zero-order valence-electron chi connectivity index (χ0n) is 19.5. The summed E-state index contributed by atoms with van der Waals surface area (Å²) in [5.74, 6) is 1.90. The molecule has 1 saturated carbocycles. The summed E-state index contributed by atoms with van der Waals surface area (Å²) in [5, 5.41) is 7.89. The van der Waals surface area contributed by atoms with Crippen molar-refractivity contribution in [2.75, 3.05) is 0 Å². The van der Waals surface area contributed by atoms with Crippen LogP contribution in [0.2, 0.25) is 0 Å². The molecule has 0 aromatic rings. The first-order valence-electron chi connectivity index (χ1n) is 10.7. The Morgan fingerprint density at radius 2 is 1.36 bits per heavy atom. The number of carbonyl (C=O) groups excluding carboxylic acids is 1. The van der Waals surface area contributed by atoms with Crippen LogP contribution in [-0.4, -0.2) is 24.4 Å². The van der Waals surface area contributed by atoms with E-state index in [0.717, 1.165) is 31.1 Å². The van der Waals surface area contributed by atoms with Gasteiger partial charge in [-0.25, -0.2) is 8.78 Å². The molecule has 28 heavy (non-hydrogen) atoms. The molecule has 0 N–H and O–H groups in total. The molecule has 0 bridgehead atoms. The number of hydrogen-bond acceptors (Lipinski definition) is 3. The number of rotatable bonds is 1. The van der Waals surface area contributed by atoms with Gasteiger partial charge in [-0.2, -0.15) is 5.26 Å². The van der Waals surface area contributed by atoms with Gasteiger partial charge in [0.2, 0.25) is 0 Å². The van der Waals surface area contributed by atoms with Gasteiger partial charge in [0, 0.05) is 12.3 Å². The molecule has 2 fully saturated rings. The monoisotopic (exact) mass is 403 g/mol. The second kappa shape index (κ2) is 14.8. The topological polar surface area (TPSA) is 50.1 Å². The molecular weight excluding hydrogens is 360 g/mol. The van der Waals surface area contributed by atoms with E-state index in [2.05, 4.69) is 27.7 Å². The van der Waals surface area contributed by atoms with E-state index in [9.17, 15) is 13.6 Å². The van der Waals surface area contributed by atoms with Crippen LogP contribution in [0.4, 0.5) is 8.78 Å². The van der Waals surface area contributed by atoms with E-state index < -0.39 is 12.3 Å². The molecule has 0 aromatic carbocycles. The maximum Gasteiger partial charge on any atom is 0.312 e. The Kier molecular flexibility index (Phi) is 15.3. The summed E-state index contributed by atoms with van der Waals surface area (Å²) in [5.41, 5.74) is -0.0775. The first-order valence-corrected chi connectivity index (χ1v) is 10.7. The summed E-state index contributed by atoms with van der Waals surface area (Å²) in [6.07, 6.45) is 2.98. The number of hydrogen-bond donors (Lipinski definition) is 0. The second-order valence-corrected chi connectivity index (χ2v) is 9.25. The Morgan fingerprint density at radius 3 is 1.57 bits per heavy atom. The zero-order chi connectivity index (χ0) is 22.5. The molecule has 0 aromatic heterocycles. The molecule has 3 atom stereocenters. The van der Waals surface area contributed by atoms with Gasteiger partial charge in [-0.15, -0.1) is 0 Å². The maximum atomic E-state index is 11.6. The highest BCUT2D eigenvalue weighted by Gasteiger charge is 2.48. The summed E-state index contributed by atoms with van der Waals surface area (Å²) in [4.78, 5) is 11.6. The highest BCUT2D eigenvalue weighted by molar-refractivity contribution is 5.79. The van der Waals surface area contributed by atoms with E-state index >= 15 is 0 Å². The minimum absolute atomic E-state index is 0.0758. The molecule has 1 saturated heterocycles. The highest BCUT2D eigenvalue weighted by Crippen LogP contribution is 2.47. The van der Waals surface area contributed by atoms with Gasteiger partial charge in [0.25, 0.3) is 0 Å². The van der Waals surface area contributed by atoms with Gasteiger partial charge in [-0.1, -0.05) is 27.7 Å². The largest absolute Gasteiger partial charge is 0.462 e. The fourth-order valence-electron chi connectivity index (χ4n) is 2.71. The average molecular weight is 404 g/mol. The minimum atomic E-state index is -1.31. The van der Waals surface area contributed by atoms with Crippen LogP contribution in [0.1, 0.15) is 94.4 Å². The number of cyclic esters (lactones) is 1. The molecule has 3 unspecified atom stereocenters. The first-order chi connectivity index (χ1) is 12.8. The average Bonchev–Trinajstić information content (AvgIpc) is 2.84. The number of halogens is 2. The SMILES string of the molecule is CC(C)C.CC(C)C#N.CC(F)C(C)F.CC1CCC2(CC1)CC(C)OC2=O. The molecule has 2 rings (SSSR count). The van der Waals surface area contributed by atoms with Gasteiger partial charge in [0.05, 0.1) is 11.5 Å². The van der Waals surface area contributed by atoms with Crippen molar-refractivity contribution in [2.24, 2.45) is 23.2 Å². The summed E-state index contributed by atoms with van der Waals surface area (Å²) in [7, 11) is 0. The molecule has 3 nitrogen and oxygen atoms in total. The van der Waals surface area contributed by atoms with Crippen molar-refractivity contribution in [1.29, 1.82) is 5.26 Å². The smallest absolute Gasteiger partial charge is 0.312 e. The van der Waals surface area contributed by atoms with Crippen molar-refractivity contribution in [2.45, 2.75) is 113 Å². The summed E-state index contributed by atoms with van der Waals surface area (Å²) < 4.78 is 28.1. The summed E-state index contributed by atoms with van der Waals surface area (Å²) in [6.45, 7) is 16.9. The number of esters is 1. The minimum Gasteiger partial charge on any atom is -0.462 e. The lowest BCUT2D eigenvalue weighted by atomic mass is 9.69. The van der Waals surface area contributed by atoms with Crippen molar-refractivity contribution in [3.05, 3.63) is 0 Å².